The molecule has 0 spiro atoms. The molecule has 0 amide bonds. The number of hydrogen-bond acceptors (Lipinski definition) is 3. The minimum absolute atomic E-state index is 0.175. The predicted octanol–water partition coefficient (Wildman–Crippen LogP) is 3.70. The quantitative estimate of drug-likeness (QED) is 0.706. The summed E-state index contributed by atoms with van der Waals surface area (Å²) in [4.78, 5) is 0. The van der Waals surface area contributed by atoms with E-state index in [2.05, 4.69) is 5.32 Å². The van der Waals surface area contributed by atoms with Crippen molar-refractivity contribution >= 4 is 0 Å². The summed E-state index contributed by atoms with van der Waals surface area (Å²) in [6.07, 6.45) is -5.12. The highest BCUT2D eigenvalue weighted by Crippen LogP contribution is 2.26. The number of alkyl halides is 3. The number of rotatable bonds is 9. The molecular weight excluding hydrogens is 283 g/mol. The van der Waals surface area contributed by atoms with Crippen molar-refractivity contribution < 1.29 is 22.6 Å². The minimum atomic E-state index is -4.18. The molecule has 0 aliphatic heterocycles. The maximum atomic E-state index is 12.1. The van der Waals surface area contributed by atoms with E-state index in [1.165, 1.54) is 0 Å². The number of nitrogens with one attached hydrogen (secondary N) is 1. The van der Waals surface area contributed by atoms with Gasteiger partial charge in [0.15, 0.2) is 0 Å². The van der Waals surface area contributed by atoms with Crippen LogP contribution < -0.4 is 10.1 Å². The Kier molecular flexibility index (Phi) is 7.53. The lowest BCUT2D eigenvalue weighted by Crippen LogP contribution is -2.26. The van der Waals surface area contributed by atoms with Crippen LogP contribution in [0.1, 0.15) is 31.9 Å². The molecule has 0 heterocycles. The molecule has 0 fully saturated rings. The minimum Gasteiger partial charge on any atom is -0.494 e. The third-order valence-electron chi connectivity index (χ3n) is 2.86. The third kappa shape index (κ3) is 6.82. The van der Waals surface area contributed by atoms with E-state index < -0.39 is 12.6 Å². The summed E-state index contributed by atoms with van der Waals surface area (Å²) in [5.41, 5.74) is 0.896. The van der Waals surface area contributed by atoms with Crippen molar-refractivity contribution in [2.45, 2.75) is 32.5 Å². The number of benzene rings is 1. The van der Waals surface area contributed by atoms with Crippen LogP contribution in [0.15, 0.2) is 24.3 Å². The smallest absolute Gasteiger partial charge is 0.391 e. The monoisotopic (exact) mass is 305 g/mol. The first-order valence-corrected chi connectivity index (χ1v) is 7.07. The zero-order chi connectivity index (χ0) is 15.7. The Morgan fingerprint density at radius 2 is 1.90 bits per heavy atom. The zero-order valence-corrected chi connectivity index (χ0v) is 12.4. The molecule has 1 aromatic carbocycles. The van der Waals surface area contributed by atoms with Crippen LogP contribution >= 0.6 is 0 Å². The maximum absolute atomic E-state index is 12.1. The van der Waals surface area contributed by atoms with E-state index in [1.807, 2.05) is 38.1 Å². The number of ether oxygens (including phenoxy) is 2. The van der Waals surface area contributed by atoms with Crippen molar-refractivity contribution in [2.75, 3.05) is 26.4 Å². The largest absolute Gasteiger partial charge is 0.494 e. The standard InChI is InChI=1S/C15H22F3NO2/c1-3-19-13(11-20-10-9-15(16,17)18)12-7-5-6-8-14(12)21-4-2/h5-8,13,19H,3-4,9-11H2,1-2H3. The maximum Gasteiger partial charge on any atom is 0.391 e. The summed E-state index contributed by atoms with van der Waals surface area (Å²) >= 11 is 0. The van der Waals surface area contributed by atoms with Crippen LogP contribution in [-0.2, 0) is 4.74 Å². The van der Waals surface area contributed by atoms with Gasteiger partial charge in [-0.2, -0.15) is 13.2 Å². The molecule has 0 aliphatic rings. The molecule has 1 unspecified atom stereocenters. The van der Waals surface area contributed by atoms with Gasteiger partial charge in [0.2, 0.25) is 0 Å². The van der Waals surface area contributed by atoms with Crippen LogP contribution in [0.2, 0.25) is 0 Å². The summed E-state index contributed by atoms with van der Waals surface area (Å²) in [6.45, 7) is 4.89. The Balaban J connectivity index is 2.64. The predicted molar refractivity (Wildman–Crippen MR) is 75.5 cm³/mol. The SMILES string of the molecule is CCNC(COCCC(F)(F)F)c1ccccc1OCC. The molecule has 1 rings (SSSR count). The van der Waals surface area contributed by atoms with E-state index in [9.17, 15) is 13.2 Å². The van der Waals surface area contributed by atoms with Crippen molar-refractivity contribution in [1.29, 1.82) is 0 Å². The van der Waals surface area contributed by atoms with Crippen molar-refractivity contribution in [3.63, 3.8) is 0 Å². The van der Waals surface area contributed by atoms with E-state index in [0.717, 1.165) is 11.3 Å². The van der Waals surface area contributed by atoms with Crippen molar-refractivity contribution in [3.05, 3.63) is 29.8 Å². The summed E-state index contributed by atoms with van der Waals surface area (Å²) in [5, 5.41) is 3.21. The van der Waals surface area contributed by atoms with E-state index in [0.29, 0.717) is 13.2 Å². The molecule has 21 heavy (non-hydrogen) atoms. The highest BCUT2D eigenvalue weighted by Gasteiger charge is 2.26. The van der Waals surface area contributed by atoms with Crippen LogP contribution in [0.4, 0.5) is 13.2 Å². The average Bonchev–Trinajstić information content (AvgIpc) is 2.42. The fraction of sp³-hybridized carbons (Fsp3) is 0.600. The van der Waals surface area contributed by atoms with Gasteiger partial charge in [0.25, 0.3) is 0 Å². The number of likely N-dealkylation sites (N-methyl/N-ethyl adjacent to an activating group) is 1. The van der Waals surface area contributed by atoms with Crippen LogP contribution in [0.3, 0.4) is 0 Å². The van der Waals surface area contributed by atoms with Gasteiger partial charge < -0.3 is 14.8 Å². The van der Waals surface area contributed by atoms with Crippen LogP contribution in [0.5, 0.6) is 5.75 Å². The fourth-order valence-electron chi connectivity index (χ4n) is 1.95. The molecule has 1 N–H and O–H groups in total. The lowest BCUT2D eigenvalue weighted by atomic mass is 10.1. The summed E-state index contributed by atoms with van der Waals surface area (Å²) < 4.78 is 47.0. The van der Waals surface area contributed by atoms with Gasteiger partial charge in [-0.05, 0) is 19.5 Å². The third-order valence-corrected chi connectivity index (χ3v) is 2.86. The molecule has 1 aromatic rings. The Morgan fingerprint density at radius 3 is 2.52 bits per heavy atom. The lowest BCUT2D eigenvalue weighted by molar-refractivity contribution is -0.145. The molecule has 0 radical (unpaired) electrons. The van der Waals surface area contributed by atoms with E-state index >= 15 is 0 Å². The first kappa shape index (κ1) is 17.8. The van der Waals surface area contributed by atoms with Gasteiger partial charge in [0, 0.05) is 5.56 Å². The van der Waals surface area contributed by atoms with E-state index in [4.69, 9.17) is 9.47 Å². The second-order valence-electron chi connectivity index (χ2n) is 4.52. The zero-order valence-electron chi connectivity index (χ0n) is 12.4. The molecule has 0 bridgehead atoms. The Hall–Kier alpha value is -1.27. The van der Waals surface area contributed by atoms with E-state index in [-0.39, 0.29) is 19.3 Å². The molecule has 3 nitrogen and oxygen atoms in total. The lowest BCUT2D eigenvalue weighted by Gasteiger charge is -2.21. The highest BCUT2D eigenvalue weighted by atomic mass is 19.4. The summed E-state index contributed by atoms with van der Waals surface area (Å²) in [5.74, 6) is 0.727. The van der Waals surface area contributed by atoms with Gasteiger partial charge in [0.1, 0.15) is 5.75 Å². The topological polar surface area (TPSA) is 30.5 Å². The molecule has 0 saturated carbocycles. The van der Waals surface area contributed by atoms with Crippen LogP contribution in [-0.4, -0.2) is 32.5 Å². The van der Waals surface area contributed by atoms with Gasteiger partial charge in [-0.15, -0.1) is 0 Å². The molecule has 120 valence electrons. The Bertz CT molecular complexity index is 410. The molecule has 0 aliphatic carbocycles. The van der Waals surface area contributed by atoms with Gasteiger partial charge >= 0.3 is 6.18 Å². The number of halogens is 3. The second kappa shape index (κ2) is 8.89. The van der Waals surface area contributed by atoms with Crippen LogP contribution in [0.25, 0.3) is 0 Å². The van der Waals surface area contributed by atoms with Crippen LogP contribution in [0, 0.1) is 0 Å². The first-order chi connectivity index (χ1) is 9.98. The number of para-hydroxylation sites is 1. The van der Waals surface area contributed by atoms with Gasteiger partial charge in [-0.3, -0.25) is 0 Å². The molecular formula is C15H22F3NO2. The molecule has 6 heteroatoms. The Morgan fingerprint density at radius 1 is 1.19 bits per heavy atom. The summed E-state index contributed by atoms with van der Waals surface area (Å²) in [6, 6.07) is 7.29. The van der Waals surface area contributed by atoms with Gasteiger partial charge in [0.05, 0.1) is 32.3 Å². The second-order valence-corrected chi connectivity index (χ2v) is 4.52. The fourth-order valence-corrected chi connectivity index (χ4v) is 1.95. The van der Waals surface area contributed by atoms with Crippen molar-refractivity contribution in [3.8, 4) is 5.75 Å². The van der Waals surface area contributed by atoms with Gasteiger partial charge in [-0.1, -0.05) is 25.1 Å². The Labute approximate surface area is 123 Å². The van der Waals surface area contributed by atoms with E-state index in [1.54, 1.807) is 0 Å². The van der Waals surface area contributed by atoms with Crippen molar-refractivity contribution in [1.82, 2.24) is 5.32 Å². The first-order valence-electron chi connectivity index (χ1n) is 7.07. The molecule has 0 saturated heterocycles. The molecule has 1 atom stereocenters. The molecule has 0 aromatic heterocycles. The highest BCUT2D eigenvalue weighted by molar-refractivity contribution is 5.36. The summed E-state index contributed by atoms with van der Waals surface area (Å²) in [7, 11) is 0. The average molecular weight is 305 g/mol. The van der Waals surface area contributed by atoms with Gasteiger partial charge in [-0.25, -0.2) is 0 Å². The normalized spacial score (nSPS) is 13.2. The van der Waals surface area contributed by atoms with Crippen molar-refractivity contribution in [2.24, 2.45) is 0 Å². The number of hydrogen-bond donors (Lipinski definition) is 1.